The van der Waals surface area contributed by atoms with Crippen LogP contribution in [0.25, 0.3) is 0 Å². The fourth-order valence-corrected chi connectivity index (χ4v) is 2.88. The van der Waals surface area contributed by atoms with Gasteiger partial charge in [0, 0.05) is 6.42 Å². The summed E-state index contributed by atoms with van der Waals surface area (Å²) in [5.41, 5.74) is 5.17. The van der Waals surface area contributed by atoms with Gasteiger partial charge in [0.05, 0.1) is 0 Å². The number of nitrogens with two attached hydrogens (primary N) is 1. The third-order valence-corrected chi connectivity index (χ3v) is 3.35. The number of primary amides is 1. The Hall–Kier alpha value is -0.530. The number of hydrogen-bond donors (Lipinski definition) is 1. The maximum Gasteiger partial charge on any atom is 0.217 e. The number of rotatable bonds is 2. The second-order valence-electron chi connectivity index (χ2n) is 4.11. The average molecular weight is 153 g/mol. The van der Waals surface area contributed by atoms with Crippen molar-refractivity contribution in [2.24, 2.45) is 23.5 Å². The molecule has 0 aliphatic heterocycles. The van der Waals surface area contributed by atoms with Gasteiger partial charge in [0.2, 0.25) is 5.91 Å². The first kappa shape index (κ1) is 7.14. The van der Waals surface area contributed by atoms with Crippen molar-refractivity contribution >= 4 is 5.91 Å². The van der Waals surface area contributed by atoms with Crippen LogP contribution in [0.5, 0.6) is 0 Å². The minimum Gasteiger partial charge on any atom is -0.370 e. The van der Waals surface area contributed by atoms with Crippen LogP contribution >= 0.6 is 0 Å². The third-order valence-electron chi connectivity index (χ3n) is 3.35. The van der Waals surface area contributed by atoms with E-state index in [0.29, 0.717) is 12.3 Å². The van der Waals surface area contributed by atoms with Crippen molar-refractivity contribution in [1.29, 1.82) is 0 Å². The maximum atomic E-state index is 10.7. The lowest BCUT2D eigenvalue weighted by atomic mass is 9.86. The largest absolute Gasteiger partial charge is 0.370 e. The number of fused-ring (bicyclic) bond motifs is 2. The monoisotopic (exact) mass is 153 g/mol. The minimum atomic E-state index is -0.109. The summed E-state index contributed by atoms with van der Waals surface area (Å²) >= 11 is 0. The zero-order valence-electron chi connectivity index (χ0n) is 6.75. The summed E-state index contributed by atoms with van der Waals surface area (Å²) < 4.78 is 0. The first-order valence-electron chi connectivity index (χ1n) is 4.54. The Bertz CT molecular complexity index is 178. The van der Waals surface area contributed by atoms with Gasteiger partial charge in [-0.05, 0) is 37.0 Å². The Morgan fingerprint density at radius 1 is 1.36 bits per heavy atom. The van der Waals surface area contributed by atoms with Crippen LogP contribution in [0.15, 0.2) is 0 Å². The number of carbonyl (C=O) groups is 1. The molecule has 0 radical (unpaired) electrons. The van der Waals surface area contributed by atoms with Crippen LogP contribution in [0, 0.1) is 17.8 Å². The fourth-order valence-electron chi connectivity index (χ4n) is 2.88. The van der Waals surface area contributed by atoms with Gasteiger partial charge in [-0.25, -0.2) is 0 Å². The van der Waals surface area contributed by atoms with E-state index in [-0.39, 0.29) is 5.91 Å². The summed E-state index contributed by atoms with van der Waals surface area (Å²) in [6, 6.07) is 0. The van der Waals surface area contributed by atoms with E-state index in [1.54, 1.807) is 0 Å². The van der Waals surface area contributed by atoms with Gasteiger partial charge in [0.1, 0.15) is 0 Å². The van der Waals surface area contributed by atoms with E-state index in [0.717, 1.165) is 11.8 Å². The molecule has 0 aromatic heterocycles. The van der Waals surface area contributed by atoms with Gasteiger partial charge in [-0.3, -0.25) is 4.79 Å². The predicted octanol–water partition coefficient (Wildman–Crippen LogP) is 1.30. The molecule has 0 unspecified atom stereocenters. The SMILES string of the molecule is NC(=O)C[C@H]1C[C@@H]2CC[C@H]1C2. The van der Waals surface area contributed by atoms with Crippen molar-refractivity contribution in [3.8, 4) is 0 Å². The Balaban J connectivity index is 1.92. The Morgan fingerprint density at radius 3 is 2.64 bits per heavy atom. The first-order valence-corrected chi connectivity index (χ1v) is 4.54. The van der Waals surface area contributed by atoms with E-state index in [1.807, 2.05) is 0 Å². The highest BCUT2D eigenvalue weighted by Gasteiger charge is 2.39. The molecule has 2 aliphatic rings. The maximum absolute atomic E-state index is 10.7. The van der Waals surface area contributed by atoms with Crippen molar-refractivity contribution in [2.45, 2.75) is 32.1 Å². The molecule has 2 nitrogen and oxygen atoms in total. The molecule has 2 saturated carbocycles. The van der Waals surface area contributed by atoms with Gasteiger partial charge in [-0.1, -0.05) is 6.42 Å². The van der Waals surface area contributed by atoms with Crippen molar-refractivity contribution in [3.63, 3.8) is 0 Å². The molecule has 2 aliphatic carbocycles. The van der Waals surface area contributed by atoms with Crippen LogP contribution in [-0.4, -0.2) is 5.91 Å². The lowest BCUT2D eigenvalue weighted by Gasteiger charge is -2.19. The standard InChI is InChI=1S/C9H15NO/c10-9(11)5-8-4-6-1-2-7(8)3-6/h6-8H,1-5H2,(H2,10,11)/t6-,7+,8-/m1/s1. The molecule has 3 atom stereocenters. The molecular formula is C9H15NO. The van der Waals surface area contributed by atoms with E-state index in [9.17, 15) is 4.79 Å². The molecule has 2 fully saturated rings. The molecule has 0 aromatic rings. The summed E-state index contributed by atoms with van der Waals surface area (Å²) in [7, 11) is 0. The normalized spacial score (nSPS) is 41.3. The van der Waals surface area contributed by atoms with Crippen LogP contribution in [0.4, 0.5) is 0 Å². The molecule has 0 aromatic carbocycles. The first-order chi connectivity index (χ1) is 5.25. The van der Waals surface area contributed by atoms with Gasteiger partial charge in [0.25, 0.3) is 0 Å². The second-order valence-corrected chi connectivity index (χ2v) is 4.11. The molecule has 0 spiro atoms. The van der Waals surface area contributed by atoms with Crippen molar-refractivity contribution in [3.05, 3.63) is 0 Å². The highest BCUT2D eigenvalue weighted by atomic mass is 16.1. The fraction of sp³-hybridized carbons (Fsp3) is 0.889. The molecule has 0 heterocycles. The van der Waals surface area contributed by atoms with Crippen LogP contribution in [-0.2, 0) is 4.79 Å². The summed E-state index contributed by atoms with van der Waals surface area (Å²) in [6.45, 7) is 0. The Labute approximate surface area is 67.1 Å². The van der Waals surface area contributed by atoms with E-state index >= 15 is 0 Å². The Morgan fingerprint density at radius 2 is 2.18 bits per heavy atom. The highest BCUT2D eigenvalue weighted by molar-refractivity contribution is 5.74. The molecule has 11 heavy (non-hydrogen) atoms. The zero-order valence-corrected chi connectivity index (χ0v) is 6.75. The van der Waals surface area contributed by atoms with Gasteiger partial charge < -0.3 is 5.73 Å². The van der Waals surface area contributed by atoms with E-state index in [4.69, 9.17) is 5.73 Å². The van der Waals surface area contributed by atoms with E-state index in [2.05, 4.69) is 0 Å². The summed E-state index contributed by atoms with van der Waals surface area (Å²) in [4.78, 5) is 10.7. The van der Waals surface area contributed by atoms with E-state index < -0.39 is 0 Å². The molecule has 2 N–H and O–H groups in total. The quantitative estimate of drug-likeness (QED) is 0.638. The van der Waals surface area contributed by atoms with Crippen molar-refractivity contribution in [1.82, 2.24) is 0 Å². The summed E-state index contributed by atoms with van der Waals surface area (Å²) in [5.74, 6) is 2.31. The van der Waals surface area contributed by atoms with Gasteiger partial charge in [-0.15, -0.1) is 0 Å². The summed E-state index contributed by atoms with van der Waals surface area (Å²) in [5, 5.41) is 0. The van der Waals surface area contributed by atoms with Crippen LogP contribution in [0.3, 0.4) is 0 Å². The molecule has 1 amide bonds. The predicted molar refractivity (Wildman–Crippen MR) is 42.7 cm³/mol. The van der Waals surface area contributed by atoms with Crippen LogP contribution < -0.4 is 5.73 Å². The van der Waals surface area contributed by atoms with Crippen LogP contribution in [0.2, 0.25) is 0 Å². The van der Waals surface area contributed by atoms with Crippen LogP contribution in [0.1, 0.15) is 32.1 Å². The third kappa shape index (κ3) is 1.26. The highest BCUT2D eigenvalue weighted by Crippen LogP contribution is 2.49. The van der Waals surface area contributed by atoms with Gasteiger partial charge >= 0.3 is 0 Å². The average Bonchev–Trinajstić information content (AvgIpc) is 2.45. The van der Waals surface area contributed by atoms with E-state index in [1.165, 1.54) is 25.7 Å². The lowest BCUT2D eigenvalue weighted by Crippen LogP contribution is -2.20. The number of amides is 1. The molecule has 62 valence electrons. The minimum absolute atomic E-state index is 0.109. The molecule has 2 bridgehead atoms. The van der Waals surface area contributed by atoms with Crippen molar-refractivity contribution in [2.75, 3.05) is 0 Å². The molecular weight excluding hydrogens is 138 g/mol. The zero-order chi connectivity index (χ0) is 7.84. The Kier molecular flexibility index (Phi) is 1.63. The van der Waals surface area contributed by atoms with Gasteiger partial charge in [-0.2, -0.15) is 0 Å². The molecule has 0 saturated heterocycles. The molecule has 2 rings (SSSR count). The van der Waals surface area contributed by atoms with Gasteiger partial charge in [0.15, 0.2) is 0 Å². The smallest absolute Gasteiger partial charge is 0.217 e. The molecule has 2 heteroatoms. The lowest BCUT2D eigenvalue weighted by molar-refractivity contribution is -0.119. The number of hydrogen-bond acceptors (Lipinski definition) is 1. The topological polar surface area (TPSA) is 43.1 Å². The van der Waals surface area contributed by atoms with Crippen molar-refractivity contribution < 1.29 is 4.79 Å². The number of carbonyl (C=O) groups excluding carboxylic acids is 1. The second kappa shape index (κ2) is 2.50. The summed E-state index contributed by atoms with van der Waals surface area (Å²) in [6.07, 6.45) is 6.04.